The van der Waals surface area contributed by atoms with E-state index < -0.39 is 13.7 Å². The minimum atomic E-state index is -2.73. The molecule has 0 unspecified atom stereocenters. The van der Waals surface area contributed by atoms with Crippen LogP contribution in [0.25, 0.3) is 0 Å². The van der Waals surface area contributed by atoms with E-state index in [4.69, 9.17) is 27.5 Å². The van der Waals surface area contributed by atoms with Crippen molar-refractivity contribution in [2.75, 3.05) is 42.2 Å². The minimum Gasteiger partial charge on any atom is -0.493 e. The second-order valence-electron chi connectivity index (χ2n) is 4.69. The zero-order valence-corrected chi connectivity index (χ0v) is 15.5. The second kappa shape index (κ2) is 9.54. The van der Waals surface area contributed by atoms with Gasteiger partial charge in [-0.15, -0.1) is 0 Å². The van der Waals surface area contributed by atoms with Gasteiger partial charge in [-0.1, -0.05) is 0 Å². The lowest BCUT2D eigenvalue weighted by Gasteiger charge is -2.24. The molecule has 9 nitrogen and oxygen atoms in total. The first-order valence-corrected chi connectivity index (χ1v) is 9.02. The monoisotopic (exact) mass is 361 g/mol. The normalized spacial score (nSPS) is 11.4. The molecule has 0 aliphatic carbocycles. The van der Waals surface area contributed by atoms with Crippen molar-refractivity contribution in [2.24, 2.45) is 0 Å². The lowest BCUT2D eigenvalue weighted by molar-refractivity contribution is -0.386. The van der Waals surface area contributed by atoms with Gasteiger partial charge in [0.25, 0.3) is 5.69 Å². The molecular weight excluding hydrogens is 338 g/mol. The maximum absolute atomic E-state index is 11.2. The summed E-state index contributed by atoms with van der Waals surface area (Å²) in [5.41, 5.74) is 0.290. The predicted molar refractivity (Wildman–Crippen MR) is 87.4 cm³/mol. The van der Waals surface area contributed by atoms with E-state index in [1.807, 2.05) is 0 Å². The Balaban J connectivity index is 2.82. The van der Waals surface area contributed by atoms with Gasteiger partial charge in [0.1, 0.15) is 0 Å². The molecule has 0 atom stereocenters. The molecule has 136 valence electrons. The number of ether oxygens (including phenoxy) is 3. The number of methoxy groups -OCH3 is 2. The third-order valence-corrected chi connectivity index (χ3v) is 6.21. The van der Waals surface area contributed by atoms with E-state index in [0.29, 0.717) is 17.4 Å². The predicted octanol–water partition coefficient (Wildman–Crippen LogP) is 2.01. The number of nitro benzene ring substituents is 1. The number of nitrogens with zero attached hydrogens (tertiary/aromatic N) is 1. The number of benzene rings is 1. The molecule has 0 spiro atoms. The summed E-state index contributed by atoms with van der Waals surface area (Å²) in [6, 6.07) is 3.28. The van der Waals surface area contributed by atoms with Crippen molar-refractivity contribution in [2.45, 2.75) is 12.7 Å². The third kappa shape index (κ3) is 4.88. The van der Waals surface area contributed by atoms with Crippen LogP contribution >= 0.6 is 0 Å². The van der Waals surface area contributed by atoms with Crippen LogP contribution in [-0.4, -0.2) is 55.9 Å². The van der Waals surface area contributed by atoms with E-state index in [2.05, 4.69) is 0 Å². The largest absolute Gasteiger partial charge is 0.502 e. The lowest BCUT2D eigenvalue weighted by Crippen LogP contribution is -2.43. The Morgan fingerprint density at radius 2 is 1.54 bits per heavy atom. The third-order valence-electron chi connectivity index (χ3n) is 3.52. The van der Waals surface area contributed by atoms with Crippen LogP contribution in [0.15, 0.2) is 12.1 Å². The van der Waals surface area contributed by atoms with Crippen LogP contribution in [0.4, 0.5) is 5.69 Å². The second-order valence-corrected chi connectivity index (χ2v) is 7.78. The Morgan fingerprint density at radius 3 is 2.00 bits per heavy atom. The van der Waals surface area contributed by atoms with Crippen molar-refractivity contribution in [1.82, 2.24) is 0 Å². The van der Waals surface area contributed by atoms with E-state index in [1.165, 1.54) is 47.7 Å². The Bertz CT molecular complexity index is 542. The minimum absolute atomic E-state index is 0.0400. The van der Waals surface area contributed by atoms with Gasteiger partial charge in [0.2, 0.25) is 0 Å². The molecule has 0 saturated carbocycles. The van der Waals surface area contributed by atoms with Crippen LogP contribution < -0.4 is 9.47 Å². The van der Waals surface area contributed by atoms with Crippen molar-refractivity contribution >= 4 is 14.5 Å². The number of rotatable bonds is 11. The van der Waals surface area contributed by atoms with Gasteiger partial charge in [0.05, 0.1) is 44.0 Å². The van der Waals surface area contributed by atoms with Crippen LogP contribution in [0.1, 0.15) is 5.56 Å². The van der Waals surface area contributed by atoms with Gasteiger partial charge in [-0.2, -0.15) is 0 Å². The van der Waals surface area contributed by atoms with Gasteiger partial charge < -0.3 is 27.5 Å². The zero-order valence-electron chi connectivity index (χ0n) is 14.5. The molecule has 0 amide bonds. The molecule has 0 heterocycles. The molecule has 0 radical (unpaired) electrons. The average molecular weight is 361 g/mol. The van der Waals surface area contributed by atoms with Gasteiger partial charge in [-0.3, -0.25) is 10.1 Å². The molecule has 24 heavy (non-hydrogen) atoms. The highest BCUT2D eigenvalue weighted by Crippen LogP contribution is 2.34. The Morgan fingerprint density at radius 1 is 1.00 bits per heavy atom. The van der Waals surface area contributed by atoms with Gasteiger partial charge in [-0.25, -0.2) is 0 Å². The fourth-order valence-corrected chi connectivity index (χ4v) is 3.64. The van der Waals surface area contributed by atoms with Crippen LogP contribution in [-0.2, 0) is 24.6 Å². The average Bonchev–Trinajstić information content (AvgIpc) is 2.61. The molecule has 0 saturated heterocycles. The first kappa shape index (κ1) is 20.3. The van der Waals surface area contributed by atoms with E-state index in [0.717, 1.165) is 0 Å². The molecule has 0 aliphatic rings. The Kier molecular flexibility index (Phi) is 8.08. The molecule has 0 fully saturated rings. The summed E-state index contributed by atoms with van der Waals surface area (Å²) in [7, 11) is 4.69. The highest BCUT2D eigenvalue weighted by molar-refractivity contribution is 6.60. The molecule has 1 aromatic carbocycles. The summed E-state index contributed by atoms with van der Waals surface area (Å²) in [6.07, 6.45) is 0. The van der Waals surface area contributed by atoms with Crippen molar-refractivity contribution in [3.05, 3.63) is 27.8 Å². The van der Waals surface area contributed by atoms with Gasteiger partial charge >= 0.3 is 8.80 Å². The SMILES string of the molecule is COc1cc(COCC[Si](OC)(OC)OC)c([N+](=O)[O-])cc1OC. The quantitative estimate of drug-likeness (QED) is 0.255. The topological polar surface area (TPSA) is 98.5 Å². The van der Waals surface area contributed by atoms with E-state index >= 15 is 0 Å². The molecular formula is C14H23NO8Si. The van der Waals surface area contributed by atoms with E-state index in [1.54, 1.807) is 0 Å². The van der Waals surface area contributed by atoms with E-state index in [9.17, 15) is 10.1 Å². The summed E-state index contributed by atoms with van der Waals surface area (Å²) >= 11 is 0. The summed E-state index contributed by atoms with van der Waals surface area (Å²) in [5.74, 6) is 0.689. The van der Waals surface area contributed by atoms with Gasteiger partial charge in [0, 0.05) is 27.4 Å². The molecule has 0 aromatic heterocycles. The van der Waals surface area contributed by atoms with Crippen LogP contribution in [0, 0.1) is 10.1 Å². The Labute approximate surface area is 141 Å². The fourth-order valence-electron chi connectivity index (χ4n) is 2.13. The molecule has 1 rings (SSSR count). The van der Waals surface area contributed by atoms with Gasteiger partial charge in [0.15, 0.2) is 11.5 Å². The molecule has 1 aromatic rings. The Hall–Kier alpha value is -1.72. The van der Waals surface area contributed by atoms with Crippen molar-refractivity contribution in [3.8, 4) is 11.5 Å². The maximum atomic E-state index is 11.2. The number of nitro groups is 1. The number of hydrogen-bond acceptors (Lipinski definition) is 8. The highest BCUT2D eigenvalue weighted by atomic mass is 28.4. The van der Waals surface area contributed by atoms with Crippen molar-refractivity contribution in [3.63, 3.8) is 0 Å². The summed E-state index contributed by atoms with van der Waals surface area (Å²) in [5, 5.41) is 11.2. The van der Waals surface area contributed by atoms with Crippen molar-refractivity contribution < 1.29 is 32.4 Å². The standard InChI is InChI=1S/C14H23NO8Si/c1-18-13-8-11(12(15(16)17)9-14(13)19-2)10-23-6-7-24(20-3,21-4)22-5/h8-9H,6-7,10H2,1-5H3. The van der Waals surface area contributed by atoms with Gasteiger partial charge in [-0.05, 0) is 6.07 Å². The smallest absolute Gasteiger partial charge is 0.493 e. The molecule has 0 aliphatic heterocycles. The van der Waals surface area contributed by atoms with Crippen molar-refractivity contribution in [1.29, 1.82) is 0 Å². The fraction of sp³-hybridized carbons (Fsp3) is 0.571. The maximum Gasteiger partial charge on any atom is 0.502 e. The molecule has 0 N–H and O–H groups in total. The zero-order chi connectivity index (χ0) is 18.2. The van der Waals surface area contributed by atoms with Crippen LogP contribution in [0.2, 0.25) is 6.04 Å². The first-order chi connectivity index (χ1) is 11.5. The first-order valence-electron chi connectivity index (χ1n) is 7.09. The summed E-state index contributed by atoms with van der Waals surface area (Å²) in [6.45, 7) is 0.311. The highest BCUT2D eigenvalue weighted by Gasteiger charge is 2.37. The summed E-state index contributed by atoms with van der Waals surface area (Å²) in [4.78, 5) is 10.7. The molecule has 0 bridgehead atoms. The lowest BCUT2D eigenvalue weighted by atomic mass is 10.1. The van der Waals surface area contributed by atoms with Crippen LogP contribution in [0.5, 0.6) is 11.5 Å². The van der Waals surface area contributed by atoms with Crippen LogP contribution in [0.3, 0.4) is 0 Å². The number of hydrogen-bond donors (Lipinski definition) is 0. The molecule has 10 heteroatoms. The van der Waals surface area contributed by atoms with E-state index in [-0.39, 0.29) is 24.7 Å². The summed E-state index contributed by atoms with van der Waals surface area (Å²) < 4.78 is 31.6.